The molecular formula is C21H28O3. The molecule has 4 aliphatic rings. The molecule has 4 rings (SSSR count). The first-order chi connectivity index (χ1) is 11.3. The Balaban J connectivity index is 1.78. The Morgan fingerprint density at radius 1 is 1.29 bits per heavy atom. The van der Waals surface area contributed by atoms with E-state index < -0.39 is 6.10 Å². The number of aliphatic hydroxyl groups is 1. The second-order valence-corrected chi connectivity index (χ2v) is 9.07. The number of rotatable bonds is 1. The maximum absolute atomic E-state index is 12.2. The van der Waals surface area contributed by atoms with E-state index in [0.29, 0.717) is 24.7 Å². The standard InChI is InChI=1S/C21H28O3/c1-12(22)16-6-7-17-15-5-4-13-10-14(23)8-9-20(13,2)19(15)18(24)11-21(16,17)3/h4-5,10,15-19,24H,6-9,11H2,1-3H3/t15-,16+,17-,18+,19?,20-,21+/m0/s1. The Hall–Kier alpha value is -1.22. The van der Waals surface area contributed by atoms with Crippen LogP contribution in [0.4, 0.5) is 0 Å². The Kier molecular flexibility index (Phi) is 3.48. The second kappa shape index (κ2) is 5.14. The highest BCUT2D eigenvalue weighted by Crippen LogP contribution is 2.65. The molecule has 0 spiro atoms. The zero-order valence-electron chi connectivity index (χ0n) is 14.9. The highest BCUT2D eigenvalue weighted by atomic mass is 16.3. The lowest BCUT2D eigenvalue weighted by Gasteiger charge is -2.57. The SMILES string of the molecule is CC(=O)[C@H]1CC[C@H]2[C@@H]3C=CC4=CC(=O)CC[C@]4(C)C3[C@H](O)C[C@]12C. The lowest BCUT2D eigenvalue weighted by atomic mass is 9.47. The van der Waals surface area contributed by atoms with Gasteiger partial charge in [0, 0.05) is 18.3 Å². The van der Waals surface area contributed by atoms with Crippen molar-refractivity contribution in [1.29, 1.82) is 0 Å². The molecule has 1 unspecified atom stereocenters. The van der Waals surface area contributed by atoms with Crippen LogP contribution in [-0.4, -0.2) is 22.8 Å². The fourth-order valence-corrected chi connectivity index (χ4v) is 6.80. The Bertz CT molecular complexity index is 660. The number of hydrogen-bond donors (Lipinski definition) is 1. The molecule has 1 N–H and O–H groups in total. The summed E-state index contributed by atoms with van der Waals surface area (Å²) in [5, 5.41) is 11.1. The minimum atomic E-state index is -0.400. The van der Waals surface area contributed by atoms with E-state index in [9.17, 15) is 14.7 Å². The van der Waals surface area contributed by atoms with Gasteiger partial charge in [0.2, 0.25) is 0 Å². The summed E-state index contributed by atoms with van der Waals surface area (Å²) in [6, 6.07) is 0. The van der Waals surface area contributed by atoms with Crippen LogP contribution in [-0.2, 0) is 9.59 Å². The normalized spacial score (nSPS) is 49.9. The zero-order chi connectivity index (χ0) is 17.3. The number of carbonyl (C=O) groups is 2. The quantitative estimate of drug-likeness (QED) is 0.802. The van der Waals surface area contributed by atoms with E-state index in [2.05, 4.69) is 26.0 Å². The number of hydrogen-bond acceptors (Lipinski definition) is 3. The molecule has 24 heavy (non-hydrogen) atoms. The fourth-order valence-electron chi connectivity index (χ4n) is 6.80. The third-order valence-electron chi connectivity index (χ3n) is 7.94. The fraction of sp³-hybridized carbons (Fsp3) is 0.714. The van der Waals surface area contributed by atoms with Crippen molar-refractivity contribution in [2.24, 2.45) is 34.5 Å². The lowest BCUT2D eigenvalue weighted by Crippen LogP contribution is -2.55. The molecule has 0 aromatic heterocycles. The minimum Gasteiger partial charge on any atom is -0.393 e. The van der Waals surface area contributed by atoms with Gasteiger partial charge in [0.25, 0.3) is 0 Å². The highest BCUT2D eigenvalue weighted by molar-refractivity contribution is 5.92. The lowest BCUT2D eigenvalue weighted by molar-refractivity contribution is -0.134. The third-order valence-corrected chi connectivity index (χ3v) is 7.94. The van der Waals surface area contributed by atoms with E-state index in [1.807, 2.05) is 0 Å². The molecule has 0 heterocycles. The van der Waals surface area contributed by atoms with Gasteiger partial charge in [0.05, 0.1) is 6.10 Å². The predicted octanol–water partition coefficient (Wildman–Crippen LogP) is 3.47. The largest absolute Gasteiger partial charge is 0.393 e. The second-order valence-electron chi connectivity index (χ2n) is 9.07. The van der Waals surface area contributed by atoms with Crippen molar-refractivity contribution in [1.82, 2.24) is 0 Å². The van der Waals surface area contributed by atoms with Crippen molar-refractivity contribution in [2.75, 3.05) is 0 Å². The summed E-state index contributed by atoms with van der Waals surface area (Å²) < 4.78 is 0. The van der Waals surface area contributed by atoms with Gasteiger partial charge >= 0.3 is 0 Å². The van der Waals surface area contributed by atoms with Crippen molar-refractivity contribution in [2.45, 2.75) is 59.0 Å². The van der Waals surface area contributed by atoms with Gasteiger partial charge in [-0.1, -0.05) is 26.0 Å². The molecule has 0 bridgehead atoms. The van der Waals surface area contributed by atoms with Gasteiger partial charge in [0.15, 0.2) is 5.78 Å². The summed E-state index contributed by atoms with van der Waals surface area (Å²) >= 11 is 0. The number of allylic oxidation sites excluding steroid dienone is 4. The maximum atomic E-state index is 12.2. The van der Waals surface area contributed by atoms with Crippen molar-refractivity contribution < 1.29 is 14.7 Å². The molecule has 0 aromatic carbocycles. The first-order valence-electron chi connectivity index (χ1n) is 9.39. The molecule has 3 heteroatoms. The monoisotopic (exact) mass is 328 g/mol. The number of carbonyl (C=O) groups excluding carboxylic acids is 2. The molecule has 0 amide bonds. The molecule has 2 fully saturated rings. The Labute approximate surface area is 144 Å². The van der Waals surface area contributed by atoms with E-state index in [1.54, 1.807) is 13.0 Å². The smallest absolute Gasteiger partial charge is 0.156 e. The summed E-state index contributed by atoms with van der Waals surface area (Å²) in [5.41, 5.74) is 0.907. The first kappa shape index (κ1) is 16.3. The predicted molar refractivity (Wildman–Crippen MR) is 92.2 cm³/mol. The molecular weight excluding hydrogens is 300 g/mol. The van der Waals surface area contributed by atoms with Crippen LogP contribution in [0.1, 0.15) is 52.9 Å². The molecule has 2 saturated carbocycles. The zero-order valence-corrected chi connectivity index (χ0v) is 14.9. The van der Waals surface area contributed by atoms with E-state index in [-0.39, 0.29) is 34.2 Å². The van der Waals surface area contributed by atoms with Gasteiger partial charge in [-0.05, 0) is 66.9 Å². The van der Waals surface area contributed by atoms with Crippen LogP contribution in [0, 0.1) is 34.5 Å². The van der Waals surface area contributed by atoms with Gasteiger partial charge in [-0.2, -0.15) is 0 Å². The summed E-state index contributed by atoms with van der Waals surface area (Å²) in [6.45, 7) is 6.17. The van der Waals surface area contributed by atoms with Crippen LogP contribution in [0.15, 0.2) is 23.8 Å². The average molecular weight is 328 g/mol. The van der Waals surface area contributed by atoms with E-state index >= 15 is 0 Å². The maximum Gasteiger partial charge on any atom is 0.156 e. The average Bonchev–Trinajstić information content (AvgIpc) is 2.84. The van der Waals surface area contributed by atoms with Crippen LogP contribution >= 0.6 is 0 Å². The summed E-state index contributed by atoms with van der Waals surface area (Å²) in [5.74, 6) is 1.53. The summed E-state index contributed by atoms with van der Waals surface area (Å²) in [4.78, 5) is 24.0. The van der Waals surface area contributed by atoms with Crippen molar-refractivity contribution in [3.05, 3.63) is 23.8 Å². The van der Waals surface area contributed by atoms with Crippen molar-refractivity contribution in [3.63, 3.8) is 0 Å². The van der Waals surface area contributed by atoms with Crippen LogP contribution in [0.5, 0.6) is 0 Å². The van der Waals surface area contributed by atoms with E-state index in [0.717, 1.165) is 24.8 Å². The van der Waals surface area contributed by atoms with Crippen molar-refractivity contribution >= 4 is 11.6 Å². The summed E-state index contributed by atoms with van der Waals surface area (Å²) in [7, 11) is 0. The molecule has 0 radical (unpaired) electrons. The Morgan fingerprint density at radius 3 is 2.75 bits per heavy atom. The number of Topliss-reactive ketones (excluding diaryl/α,β-unsaturated/α-hetero) is 1. The minimum absolute atomic E-state index is 0.0845. The van der Waals surface area contributed by atoms with E-state index in [4.69, 9.17) is 0 Å². The topological polar surface area (TPSA) is 54.4 Å². The third kappa shape index (κ3) is 2.00. The van der Waals surface area contributed by atoms with Gasteiger partial charge < -0.3 is 5.11 Å². The van der Waals surface area contributed by atoms with Crippen LogP contribution in [0.25, 0.3) is 0 Å². The van der Waals surface area contributed by atoms with Gasteiger partial charge in [-0.15, -0.1) is 0 Å². The Morgan fingerprint density at radius 2 is 2.04 bits per heavy atom. The van der Waals surface area contributed by atoms with Crippen LogP contribution < -0.4 is 0 Å². The number of ketones is 2. The molecule has 7 atom stereocenters. The van der Waals surface area contributed by atoms with Crippen LogP contribution in [0.2, 0.25) is 0 Å². The molecule has 0 saturated heterocycles. The molecule has 4 aliphatic carbocycles. The van der Waals surface area contributed by atoms with Gasteiger partial charge in [0.1, 0.15) is 5.78 Å². The molecule has 0 aromatic rings. The number of fused-ring (bicyclic) bond motifs is 5. The van der Waals surface area contributed by atoms with Gasteiger partial charge in [-0.25, -0.2) is 0 Å². The van der Waals surface area contributed by atoms with Gasteiger partial charge in [-0.3, -0.25) is 9.59 Å². The van der Waals surface area contributed by atoms with Crippen molar-refractivity contribution in [3.8, 4) is 0 Å². The highest BCUT2D eigenvalue weighted by Gasteiger charge is 2.61. The number of aliphatic hydroxyl groups excluding tert-OH is 1. The van der Waals surface area contributed by atoms with Crippen LogP contribution in [0.3, 0.4) is 0 Å². The molecule has 0 aliphatic heterocycles. The molecule has 3 nitrogen and oxygen atoms in total. The van der Waals surface area contributed by atoms with E-state index in [1.165, 1.54) is 0 Å². The first-order valence-corrected chi connectivity index (χ1v) is 9.39. The summed E-state index contributed by atoms with van der Waals surface area (Å²) in [6.07, 6.45) is 9.94. The molecule has 130 valence electrons.